The molecular formula is C18H22N4O3. The Bertz CT molecular complexity index is 785. The number of aryl methyl sites for hydroxylation is 1. The summed E-state index contributed by atoms with van der Waals surface area (Å²) in [5, 5.41) is 3.69. The van der Waals surface area contributed by atoms with Crippen LogP contribution in [0.2, 0.25) is 0 Å². The third-order valence-electron chi connectivity index (χ3n) is 4.57. The van der Waals surface area contributed by atoms with Crippen molar-refractivity contribution in [1.82, 2.24) is 15.3 Å². The molecule has 0 bridgehead atoms. The molecule has 2 aromatic rings. The Labute approximate surface area is 146 Å². The lowest BCUT2D eigenvalue weighted by Gasteiger charge is -2.31. The number of hydrogen-bond donors (Lipinski definition) is 1. The molecule has 0 atom stereocenters. The Morgan fingerprint density at radius 3 is 2.68 bits per heavy atom. The quantitative estimate of drug-likeness (QED) is 0.847. The number of carbonyl (C=O) groups excluding carboxylic acids is 2. The largest absolute Gasteiger partial charge is 0.468 e. The van der Waals surface area contributed by atoms with Crippen molar-refractivity contribution in [2.75, 3.05) is 31.6 Å². The molecule has 0 radical (unpaired) electrons. The molecule has 1 aromatic carbocycles. The van der Waals surface area contributed by atoms with Gasteiger partial charge < -0.3 is 15.0 Å². The van der Waals surface area contributed by atoms with Crippen molar-refractivity contribution in [2.45, 2.75) is 19.8 Å². The molecule has 1 aliphatic heterocycles. The Balaban J connectivity index is 1.62. The van der Waals surface area contributed by atoms with Gasteiger partial charge in [-0.15, -0.1) is 0 Å². The van der Waals surface area contributed by atoms with Crippen LogP contribution in [-0.4, -0.2) is 48.6 Å². The van der Waals surface area contributed by atoms with Crippen molar-refractivity contribution in [3.8, 4) is 0 Å². The van der Waals surface area contributed by atoms with E-state index in [0.717, 1.165) is 16.6 Å². The zero-order valence-electron chi connectivity index (χ0n) is 14.5. The van der Waals surface area contributed by atoms with Crippen LogP contribution >= 0.6 is 0 Å². The summed E-state index contributed by atoms with van der Waals surface area (Å²) in [6.45, 7) is 3.34. The van der Waals surface area contributed by atoms with Crippen LogP contribution in [0.15, 0.2) is 24.3 Å². The number of piperidine rings is 1. The summed E-state index contributed by atoms with van der Waals surface area (Å²) >= 11 is 0. The SMILES string of the molecule is COC(=O)CNC(=O)C1CCN(c2nc(C)c3ccccc3n2)CC1. The van der Waals surface area contributed by atoms with Crippen LogP contribution in [-0.2, 0) is 14.3 Å². The molecule has 1 saturated heterocycles. The van der Waals surface area contributed by atoms with E-state index in [1.54, 1.807) is 0 Å². The second kappa shape index (κ2) is 7.46. The Kier molecular flexibility index (Phi) is 5.11. The van der Waals surface area contributed by atoms with Gasteiger partial charge in [0.15, 0.2) is 0 Å². The minimum absolute atomic E-state index is 0.0808. The van der Waals surface area contributed by atoms with E-state index < -0.39 is 5.97 Å². The lowest BCUT2D eigenvalue weighted by molar-refractivity contribution is -0.141. The van der Waals surface area contributed by atoms with E-state index in [9.17, 15) is 9.59 Å². The van der Waals surface area contributed by atoms with Gasteiger partial charge in [-0.1, -0.05) is 18.2 Å². The molecule has 1 aromatic heterocycles. The molecule has 1 fully saturated rings. The zero-order chi connectivity index (χ0) is 17.8. The maximum absolute atomic E-state index is 12.1. The van der Waals surface area contributed by atoms with Gasteiger partial charge in [0.25, 0.3) is 0 Å². The predicted molar refractivity (Wildman–Crippen MR) is 94.2 cm³/mol. The first-order valence-electron chi connectivity index (χ1n) is 8.41. The molecule has 1 aliphatic rings. The number of aromatic nitrogens is 2. The summed E-state index contributed by atoms with van der Waals surface area (Å²) in [5.74, 6) is 0.0820. The maximum atomic E-state index is 12.1. The van der Waals surface area contributed by atoms with E-state index >= 15 is 0 Å². The van der Waals surface area contributed by atoms with E-state index in [0.29, 0.717) is 31.9 Å². The van der Waals surface area contributed by atoms with Crippen LogP contribution in [0.4, 0.5) is 5.95 Å². The van der Waals surface area contributed by atoms with E-state index in [-0.39, 0.29) is 18.4 Å². The summed E-state index contributed by atoms with van der Waals surface area (Å²) < 4.78 is 4.53. The number of ether oxygens (including phenoxy) is 1. The monoisotopic (exact) mass is 342 g/mol. The average Bonchev–Trinajstić information content (AvgIpc) is 2.66. The summed E-state index contributed by atoms with van der Waals surface area (Å²) in [6.07, 6.45) is 1.42. The van der Waals surface area contributed by atoms with Crippen molar-refractivity contribution in [1.29, 1.82) is 0 Å². The highest BCUT2D eigenvalue weighted by molar-refractivity contribution is 5.84. The van der Waals surface area contributed by atoms with Crippen molar-refractivity contribution < 1.29 is 14.3 Å². The lowest BCUT2D eigenvalue weighted by atomic mass is 9.96. The lowest BCUT2D eigenvalue weighted by Crippen LogP contribution is -2.42. The van der Waals surface area contributed by atoms with Crippen LogP contribution in [0.1, 0.15) is 18.5 Å². The van der Waals surface area contributed by atoms with Gasteiger partial charge in [0.1, 0.15) is 6.54 Å². The molecule has 2 heterocycles. The van der Waals surface area contributed by atoms with E-state index in [1.807, 2.05) is 31.2 Å². The topological polar surface area (TPSA) is 84.4 Å². The molecule has 132 valence electrons. The minimum Gasteiger partial charge on any atom is -0.468 e. The van der Waals surface area contributed by atoms with Crippen LogP contribution < -0.4 is 10.2 Å². The molecule has 0 saturated carbocycles. The Morgan fingerprint density at radius 2 is 1.96 bits per heavy atom. The highest BCUT2D eigenvalue weighted by Crippen LogP contribution is 2.24. The number of fused-ring (bicyclic) bond motifs is 1. The normalized spacial score (nSPS) is 15.2. The second-order valence-corrected chi connectivity index (χ2v) is 6.18. The van der Waals surface area contributed by atoms with Gasteiger partial charge in [-0.2, -0.15) is 0 Å². The molecule has 25 heavy (non-hydrogen) atoms. The maximum Gasteiger partial charge on any atom is 0.325 e. The number of nitrogens with one attached hydrogen (secondary N) is 1. The first kappa shape index (κ1) is 17.1. The smallest absolute Gasteiger partial charge is 0.325 e. The fraction of sp³-hybridized carbons (Fsp3) is 0.444. The first-order valence-corrected chi connectivity index (χ1v) is 8.41. The Morgan fingerprint density at radius 1 is 1.24 bits per heavy atom. The summed E-state index contributed by atoms with van der Waals surface area (Å²) in [6, 6.07) is 7.96. The summed E-state index contributed by atoms with van der Waals surface area (Å²) in [5.41, 5.74) is 1.89. The summed E-state index contributed by atoms with van der Waals surface area (Å²) in [4.78, 5) is 34.6. The number of carbonyl (C=O) groups is 2. The predicted octanol–water partition coefficient (Wildman–Crippen LogP) is 1.44. The molecule has 7 heteroatoms. The number of anilines is 1. The third kappa shape index (κ3) is 3.87. The number of hydrogen-bond acceptors (Lipinski definition) is 6. The van der Waals surface area contributed by atoms with Gasteiger partial charge in [-0.25, -0.2) is 9.97 Å². The number of methoxy groups -OCH3 is 1. The molecule has 1 amide bonds. The van der Waals surface area contributed by atoms with Gasteiger partial charge in [-0.05, 0) is 25.8 Å². The molecule has 3 rings (SSSR count). The number of amides is 1. The highest BCUT2D eigenvalue weighted by atomic mass is 16.5. The third-order valence-corrected chi connectivity index (χ3v) is 4.57. The van der Waals surface area contributed by atoms with Crippen molar-refractivity contribution in [3.05, 3.63) is 30.0 Å². The standard InChI is InChI=1S/C18H22N4O3/c1-12-14-5-3-4-6-15(14)21-18(20-12)22-9-7-13(8-10-22)17(24)19-11-16(23)25-2/h3-6,13H,7-11H2,1-2H3,(H,19,24). The van der Waals surface area contributed by atoms with Crippen LogP contribution in [0, 0.1) is 12.8 Å². The highest BCUT2D eigenvalue weighted by Gasteiger charge is 2.26. The number of esters is 1. The molecule has 1 N–H and O–H groups in total. The summed E-state index contributed by atoms with van der Waals surface area (Å²) in [7, 11) is 1.30. The first-order chi connectivity index (χ1) is 12.1. The van der Waals surface area contributed by atoms with Gasteiger partial charge in [-0.3, -0.25) is 9.59 Å². The molecule has 7 nitrogen and oxygen atoms in total. The van der Waals surface area contributed by atoms with Crippen LogP contribution in [0.5, 0.6) is 0 Å². The number of benzene rings is 1. The van der Waals surface area contributed by atoms with Gasteiger partial charge in [0, 0.05) is 24.4 Å². The number of para-hydroxylation sites is 1. The second-order valence-electron chi connectivity index (χ2n) is 6.18. The minimum atomic E-state index is -0.439. The zero-order valence-corrected chi connectivity index (χ0v) is 14.5. The Hall–Kier alpha value is -2.70. The van der Waals surface area contributed by atoms with Gasteiger partial charge in [0.05, 0.1) is 18.3 Å². The van der Waals surface area contributed by atoms with Crippen molar-refractivity contribution in [3.63, 3.8) is 0 Å². The molecule has 0 spiro atoms. The van der Waals surface area contributed by atoms with Gasteiger partial charge >= 0.3 is 5.97 Å². The molecule has 0 aliphatic carbocycles. The van der Waals surface area contributed by atoms with E-state index in [2.05, 4.69) is 24.9 Å². The number of nitrogens with zero attached hydrogens (tertiary/aromatic N) is 3. The fourth-order valence-electron chi connectivity index (χ4n) is 3.08. The molecule has 0 unspecified atom stereocenters. The average molecular weight is 342 g/mol. The van der Waals surface area contributed by atoms with Crippen molar-refractivity contribution in [2.24, 2.45) is 5.92 Å². The molecular weight excluding hydrogens is 320 g/mol. The van der Waals surface area contributed by atoms with E-state index in [4.69, 9.17) is 0 Å². The van der Waals surface area contributed by atoms with Crippen molar-refractivity contribution >= 4 is 28.7 Å². The van der Waals surface area contributed by atoms with E-state index in [1.165, 1.54) is 7.11 Å². The fourth-order valence-corrected chi connectivity index (χ4v) is 3.08. The van der Waals surface area contributed by atoms with Gasteiger partial charge in [0.2, 0.25) is 11.9 Å². The van der Waals surface area contributed by atoms with Crippen LogP contribution in [0.25, 0.3) is 10.9 Å². The van der Waals surface area contributed by atoms with Crippen LogP contribution in [0.3, 0.4) is 0 Å². The number of rotatable bonds is 4.